The monoisotopic (exact) mass is 257 g/mol. The first kappa shape index (κ1) is 13.6. The highest BCUT2D eigenvalue weighted by Gasteiger charge is 2.06. The van der Waals surface area contributed by atoms with Crippen LogP contribution < -0.4 is 10.5 Å². The van der Waals surface area contributed by atoms with E-state index in [2.05, 4.69) is 0 Å². The van der Waals surface area contributed by atoms with E-state index >= 15 is 0 Å². The van der Waals surface area contributed by atoms with Gasteiger partial charge in [0.1, 0.15) is 12.4 Å². The van der Waals surface area contributed by atoms with Gasteiger partial charge in [0.05, 0.1) is 12.6 Å². The van der Waals surface area contributed by atoms with Crippen molar-refractivity contribution in [3.05, 3.63) is 65.7 Å². The Kier molecular flexibility index (Phi) is 4.95. The number of methoxy groups -OCH3 is 1. The molecule has 2 aromatic rings. The quantitative estimate of drug-likeness (QED) is 0.865. The van der Waals surface area contributed by atoms with Crippen molar-refractivity contribution in [1.82, 2.24) is 0 Å². The van der Waals surface area contributed by atoms with Crippen molar-refractivity contribution in [3.63, 3.8) is 0 Å². The van der Waals surface area contributed by atoms with Crippen molar-refractivity contribution in [3.8, 4) is 5.75 Å². The lowest BCUT2D eigenvalue weighted by Gasteiger charge is -2.13. The Morgan fingerprint density at radius 3 is 2.58 bits per heavy atom. The van der Waals surface area contributed by atoms with Gasteiger partial charge in [0, 0.05) is 7.11 Å². The molecule has 0 aromatic heterocycles. The zero-order chi connectivity index (χ0) is 13.5. The lowest BCUT2D eigenvalue weighted by Crippen LogP contribution is -2.16. The normalized spacial score (nSPS) is 12.1. The molecule has 0 saturated heterocycles. The highest BCUT2D eigenvalue weighted by molar-refractivity contribution is 5.30. The fraction of sp³-hybridized carbons (Fsp3) is 0.250. The maximum Gasteiger partial charge on any atom is 0.120 e. The number of rotatable bonds is 6. The van der Waals surface area contributed by atoms with Gasteiger partial charge in [-0.2, -0.15) is 0 Å². The number of hydrogen-bond donors (Lipinski definition) is 1. The van der Waals surface area contributed by atoms with Gasteiger partial charge < -0.3 is 15.2 Å². The standard InChI is InChI=1S/C16H19NO2/c1-18-12-16(17)14-8-5-9-15(10-14)19-11-13-6-3-2-4-7-13/h2-10,16H,11-12,17H2,1H3. The molecule has 0 fully saturated rings. The highest BCUT2D eigenvalue weighted by atomic mass is 16.5. The van der Waals surface area contributed by atoms with Gasteiger partial charge >= 0.3 is 0 Å². The average molecular weight is 257 g/mol. The van der Waals surface area contributed by atoms with Crippen LogP contribution in [0.1, 0.15) is 17.2 Å². The summed E-state index contributed by atoms with van der Waals surface area (Å²) in [7, 11) is 1.65. The molecular formula is C16H19NO2. The summed E-state index contributed by atoms with van der Waals surface area (Å²) in [5.74, 6) is 0.827. The summed E-state index contributed by atoms with van der Waals surface area (Å²) >= 11 is 0. The third kappa shape index (κ3) is 4.09. The average Bonchev–Trinajstić information content (AvgIpc) is 2.47. The Balaban J connectivity index is 1.99. The zero-order valence-corrected chi connectivity index (χ0v) is 11.1. The minimum Gasteiger partial charge on any atom is -0.489 e. The van der Waals surface area contributed by atoms with E-state index in [-0.39, 0.29) is 6.04 Å². The fourth-order valence-electron chi connectivity index (χ4n) is 1.85. The molecule has 0 saturated carbocycles. The molecule has 0 spiro atoms. The van der Waals surface area contributed by atoms with Crippen molar-refractivity contribution in [2.75, 3.05) is 13.7 Å². The zero-order valence-electron chi connectivity index (χ0n) is 11.1. The summed E-state index contributed by atoms with van der Waals surface area (Å²) in [6.45, 7) is 1.06. The number of nitrogens with two attached hydrogens (primary N) is 1. The molecule has 0 amide bonds. The van der Waals surface area contributed by atoms with Gasteiger partial charge in [-0.1, -0.05) is 42.5 Å². The smallest absolute Gasteiger partial charge is 0.120 e. The van der Waals surface area contributed by atoms with E-state index < -0.39 is 0 Å². The molecule has 1 atom stereocenters. The molecule has 0 bridgehead atoms. The Labute approximate surface area is 114 Å². The Bertz CT molecular complexity index is 499. The van der Waals surface area contributed by atoms with Crippen LogP contribution in [0.3, 0.4) is 0 Å². The summed E-state index contributed by atoms with van der Waals surface area (Å²) in [6.07, 6.45) is 0. The van der Waals surface area contributed by atoms with Crippen LogP contribution in [-0.4, -0.2) is 13.7 Å². The Morgan fingerprint density at radius 2 is 1.84 bits per heavy atom. The first-order valence-electron chi connectivity index (χ1n) is 6.31. The topological polar surface area (TPSA) is 44.5 Å². The van der Waals surface area contributed by atoms with Gasteiger partial charge in [0.15, 0.2) is 0 Å². The summed E-state index contributed by atoms with van der Waals surface area (Å²) in [5.41, 5.74) is 8.17. The van der Waals surface area contributed by atoms with Crippen LogP contribution in [0.2, 0.25) is 0 Å². The van der Waals surface area contributed by atoms with Crippen LogP contribution in [-0.2, 0) is 11.3 Å². The van der Waals surface area contributed by atoms with Crippen molar-refractivity contribution in [1.29, 1.82) is 0 Å². The Hall–Kier alpha value is -1.84. The van der Waals surface area contributed by atoms with Crippen molar-refractivity contribution in [2.24, 2.45) is 5.73 Å². The van der Waals surface area contributed by atoms with E-state index in [0.717, 1.165) is 16.9 Å². The molecule has 2 N–H and O–H groups in total. The van der Waals surface area contributed by atoms with Gasteiger partial charge in [-0.3, -0.25) is 0 Å². The summed E-state index contributed by atoms with van der Waals surface area (Å²) < 4.78 is 10.8. The maximum atomic E-state index is 6.00. The van der Waals surface area contributed by atoms with Crippen molar-refractivity contribution < 1.29 is 9.47 Å². The van der Waals surface area contributed by atoms with E-state index in [0.29, 0.717) is 13.2 Å². The summed E-state index contributed by atoms with van der Waals surface area (Å²) in [6, 6.07) is 17.8. The molecule has 0 radical (unpaired) electrons. The number of ether oxygens (including phenoxy) is 2. The third-order valence-electron chi connectivity index (χ3n) is 2.88. The van der Waals surface area contributed by atoms with Crippen molar-refractivity contribution >= 4 is 0 Å². The predicted molar refractivity (Wildman–Crippen MR) is 76.0 cm³/mol. The molecule has 3 heteroatoms. The van der Waals surface area contributed by atoms with Gasteiger partial charge in [-0.25, -0.2) is 0 Å². The van der Waals surface area contributed by atoms with E-state index in [1.54, 1.807) is 7.11 Å². The lowest BCUT2D eigenvalue weighted by atomic mass is 10.1. The van der Waals surface area contributed by atoms with E-state index in [4.69, 9.17) is 15.2 Å². The number of benzene rings is 2. The molecule has 0 aliphatic carbocycles. The van der Waals surface area contributed by atoms with Crippen molar-refractivity contribution in [2.45, 2.75) is 12.6 Å². The molecule has 0 heterocycles. The largest absolute Gasteiger partial charge is 0.489 e. The van der Waals surface area contributed by atoms with E-state index in [1.807, 2.05) is 54.6 Å². The van der Waals surface area contributed by atoms with Crippen LogP contribution in [0.4, 0.5) is 0 Å². The van der Waals surface area contributed by atoms with Gasteiger partial charge in [-0.05, 0) is 23.3 Å². The second kappa shape index (κ2) is 6.92. The second-order valence-electron chi connectivity index (χ2n) is 4.41. The first-order valence-corrected chi connectivity index (χ1v) is 6.31. The SMILES string of the molecule is COCC(N)c1cccc(OCc2ccccc2)c1. The van der Waals surface area contributed by atoms with Crippen LogP contribution in [0.25, 0.3) is 0 Å². The molecule has 0 aliphatic heterocycles. The third-order valence-corrected chi connectivity index (χ3v) is 2.88. The van der Waals surface area contributed by atoms with Crippen LogP contribution in [0, 0.1) is 0 Å². The highest BCUT2D eigenvalue weighted by Crippen LogP contribution is 2.19. The molecular weight excluding hydrogens is 238 g/mol. The fourth-order valence-corrected chi connectivity index (χ4v) is 1.85. The summed E-state index contributed by atoms with van der Waals surface area (Å²) in [5, 5.41) is 0. The summed E-state index contributed by atoms with van der Waals surface area (Å²) in [4.78, 5) is 0. The van der Waals surface area contributed by atoms with E-state index in [1.165, 1.54) is 0 Å². The molecule has 3 nitrogen and oxygen atoms in total. The molecule has 0 aliphatic rings. The first-order chi connectivity index (χ1) is 9.29. The molecule has 1 unspecified atom stereocenters. The van der Waals surface area contributed by atoms with Gasteiger partial charge in [0.25, 0.3) is 0 Å². The van der Waals surface area contributed by atoms with Crippen LogP contribution >= 0.6 is 0 Å². The number of hydrogen-bond acceptors (Lipinski definition) is 3. The second-order valence-corrected chi connectivity index (χ2v) is 4.41. The molecule has 2 rings (SSSR count). The minimum absolute atomic E-state index is 0.120. The van der Waals surface area contributed by atoms with Gasteiger partial charge in [0.2, 0.25) is 0 Å². The molecule has 100 valence electrons. The molecule has 2 aromatic carbocycles. The molecule has 19 heavy (non-hydrogen) atoms. The van der Waals surface area contributed by atoms with Crippen LogP contribution in [0.5, 0.6) is 5.75 Å². The minimum atomic E-state index is -0.120. The maximum absolute atomic E-state index is 6.00. The van der Waals surface area contributed by atoms with Gasteiger partial charge in [-0.15, -0.1) is 0 Å². The van der Waals surface area contributed by atoms with E-state index in [9.17, 15) is 0 Å². The Morgan fingerprint density at radius 1 is 1.05 bits per heavy atom. The van der Waals surface area contributed by atoms with Crippen LogP contribution in [0.15, 0.2) is 54.6 Å². The lowest BCUT2D eigenvalue weighted by molar-refractivity contribution is 0.180. The predicted octanol–water partition coefficient (Wildman–Crippen LogP) is 2.91.